The quantitative estimate of drug-likeness (QED) is 0.758. The molecule has 2 rings (SSSR count). The summed E-state index contributed by atoms with van der Waals surface area (Å²) in [6.45, 7) is 2.70. The average Bonchev–Trinajstić information content (AvgIpc) is 2.46. The lowest BCUT2D eigenvalue weighted by atomic mass is 10.1. The van der Waals surface area contributed by atoms with Crippen LogP contribution in [0.15, 0.2) is 51.4 Å². The average molecular weight is 399 g/mol. The zero-order chi connectivity index (χ0) is 14.5. The van der Waals surface area contributed by atoms with E-state index in [9.17, 15) is 0 Å². The predicted octanol–water partition coefficient (Wildman–Crippen LogP) is 5.07. The summed E-state index contributed by atoms with van der Waals surface area (Å²) in [5.74, 6) is 0.867. The second-order valence-corrected chi connectivity index (χ2v) is 6.38. The van der Waals surface area contributed by atoms with E-state index in [0.29, 0.717) is 12.6 Å². The van der Waals surface area contributed by atoms with Gasteiger partial charge in [0.05, 0.1) is 0 Å². The molecule has 1 N–H and O–H groups in total. The van der Waals surface area contributed by atoms with Crippen molar-refractivity contribution in [3.05, 3.63) is 62.5 Å². The van der Waals surface area contributed by atoms with E-state index in [1.807, 2.05) is 31.3 Å². The van der Waals surface area contributed by atoms with E-state index in [1.165, 1.54) is 5.56 Å². The van der Waals surface area contributed by atoms with Crippen molar-refractivity contribution in [3.63, 3.8) is 0 Å². The van der Waals surface area contributed by atoms with Crippen molar-refractivity contribution in [1.82, 2.24) is 5.32 Å². The van der Waals surface area contributed by atoms with E-state index in [1.54, 1.807) is 0 Å². The molecular weight excluding hydrogens is 382 g/mol. The Morgan fingerprint density at radius 3 is 2.40 bits per heavy atom. The summed E-state index contributed by atoms with van der Waals surface area (Å²) in [6, 6.07) is 14.6. The van der Waals surface area contributed by atoms with Crippen LogP contribution in [0.4, 0.5) is 0 Å². The van der Waals surface area contributed by atoms with Gasteiger partial charge in [-0.25, -0.2) is 0 Å². The molecule has 0 aliphatic rings. The summed E-state index contributed by atoms with van der Waals surface area (Å²) in [6.07, 6.45) is 0. The second-order valence-electron chi connectivity index (χ2n) is 4.61. The van der Waals surface area contributed by atoms with Crippen LogP contribution in [0.5, 0.6) is 5.75 Å². The smallest absolute Gasteiger partial charge is 0.120 e. The molecular formula is C16H17Br2NO. The molecule has 0 saturated heterocycles. The molecule has 0 bridgehead atoms. The fourth-order valence-corrected chi connectivity index (χ4v) is 2.82. The van der Waals surface area contributed by atoms with Crippen LogP contribution in [-0.2, 0) is 6.61 Å². The maximum Gasteiger partial charge on any atom is 0.120 e. The first kappa shape index (κ1) is 15.5. The highest BCUT2D eigenvalue weighted by atomic mass is 79.9. The van der Waals surface area contributed by atoms with Crippen molar-refractivity contribution >= 4 is 31.9 Å². The number of hydrogen-bond acceptors (Lipinski definition) is 2. The summed E-state index contributed by atoms with van der Waals surface area (Å²) in [4.78, 5) is 0. The standard InChI is InChI=1S/C16H17Br2NO/c1-11(19-2)15-8-7-14(9-16(15)18)20-10-12-3-5-13(17)6-4-12/h3-9,11,19H,10H2,1-2H3. The second kappa shape index (κ2) is 7.25. The summed E-state index contributed by atoms with van der Waals surface area (Å²) in [7, 11) is 1.95. The van der Waals surface area contributed by atoms with Crippen LogP contribution >= 0.6 is 31.9 Å². The minimum Gasteiger partial charge on any atom is -0.489 e. The Morgan fingerprint density at radius 1 is 1.10 bits per heavy atom. The molecule has 0 spiro atoms. The third-order valence-corrected chi connectivity index (χ3v) is 4.41. The van der Waals surface area contributed by atoms with E-state index in [0.717, 1.165) is 20.3 Å². The summed E-state index contributed by atoms with van der Waals surface area (Å²) < 4.78 is 7.96. The predicted molar refractivity (Wildman–Crippen MR) is 90.1 cm³/mol. The van der Waals surface area contributed by atoms with Gasteiger partial charge in [-0.2, -0.15) is 0 Å². The molecule has 2 aromatic carbocycles. The van der Waals surface area contributed by atoms with Crippen molar-refractivity contribution in [1.29, 1.82) is 0 Å². The monoisotopic (exact) mass is 397 g/mol. The molecule has 1 unspecified atom stereocenters. The van der Waals surface area contributed by atoms with Crippen molar-refractivity contribution in [2.24, 2.45) is 0 Å². The molecule has 4 heteroatoms. The Kier molecular flexibility index (Phi) is 5.64. The van der Waals surface area contributed by atoms with Crippen molar-refractivity contribution in [3.8, 4) is 5.75 Å². The van der Waals surface area contributed by atoms with Crippen LogP contribution in [0.1, 0.15) is 24.1 Å². The molecule has 0 aliphatic heterocycles. The Bertz CT molecular complexity index is 569. The fourth-order valence-electron chi connectivity index (χ4n) is 1.85. The Morgan fingerprint density at radius 2 is 1.80 bits per heavy atom. The van der Waals surface area contributed by atoms with Gasteiger partial charge in [0.1, 0.15) is 12.4 Å². The van der Waals surface area contributed by atoms with Gasteiger partial charge in [-0.3, -0.25) is 0 Å². The van der Waals surface area contributed by atoms with E-state index >= 15 is 0 Å². The van der Waals surface area contributed by atoms with Crippen molar-refractivity contribution < 1.29 is 4.74 Å². The lowest BCUT2D eigenvalue weighted by Crippen LogP contribution is -2.12. The first-order valence-electron chi connectivity index (χ1n) is 6.44. The highest BCUT2D eigenvalue weighted by molar-refractivity contribution is 9.10. The third kappa shape index (κ3) is 4.08. The third-order valence-electron chi connectivity index (χ3n) is 3.19. The molecule has 2 nitrogen and oxygen atoms in total. The van der Waals surface area contributed by atoms with Crippen LogP contribution in [0.2, 0.25) is 0 Å². The molecule has 1 atom stereocenters. The van der Waals surface area contributed by atoms with Gasteiger partial charge in [0.25, 0.3) is 0 Å². The van der Waals surface area contributed by atoms with Gasteiger partial charge in [0.2, 0.25) is 0 Å². The number of benzene rings is 2. The lowest BCUT2D eigenvalue weighted by molar-refractivity contribution is 0.306. The van der Waals surface area contributed by atoms with Crippen LogP contribution in [0.3, 0.4) is 0 Å². The minimum atomic E-state index is 0.310. The first-order valence-corrected chi connectivity index (χ1v) is 8.02. The molecule has 0 heterocycles. The summed E-state index contributed by atoms with van der Waals surface area (Å²) in [5.41, 5.74) is 2.38. The van der Waals surface area contributed by atoms with Gasteiger partial charge in [-0.1, -0.05) is 50.1 Å². The van der Waals surface area contributed by atoms with Crippen molar-refractivity contribution in [2.75, 3.05) is 7.05 Å². The van der Waals surface area contributed by atoms with Gasteiger partial charge in [-0.05, 0) is 49.4 Å². The largest absolute Gasteiger partial charge is 0.489 e. The first-order chi connectivity index (χ1) is 9.60. The molecule has 0 aromatic heterocycles. The van der Waals surface area contributed by atoms with Crippen LogP contribution in [0, 0.1) is 0 Å². The van der Waals surface area contributed by atoms with Gasteiger partial charge < -0.3 is 10.1 Å². The minimum absolute atomic E-state index is 0.310. The van der Waals surface area contributed by atoms with E-state index < -0.39 is 0 Å². The topological polar surface area (TPSA) is 21.3 Å². The van der Waals surface area contributed by atoms with E-state index in [2.05, 4.69) is 62.3 Å². The Balaban J connectivity index is 2.03. The Hall–Kier alpha value is -0.840. The number of ether oxygens (including phenoxy) is 1. The molecule has 0 aliphatic carbocycles. The SMILES string of the molecule is CNC(C)c1ccc(OCc2ccc(Br)cc2)cc1Br. The molecule has 0 radical (unpaired) electrons. The highest BCUT2D eigenvalue weighted by Gasteiger charge is 2.08. The number of halogens is 2. The lowest BCUT2D eigenvalue weighted by Gasteiger charge is -2.14. The van der Waals surface area contributed by atoms with Crippen LogP contribution in [0.25, 0.3) is 0 Å². The van der Waals surface area contributed by atoms with Gasteiger partial charge in [0, 0.05) is 15.0 Å². The van der Waals surface area contributed by atoms with Gasteiger partial charge >= 0.3 is 0 Å². The maximum absolute atomic E-state index is 5.82. The number of rotatable bonds is 5. The zero-order valence-corrected chi connectivity index (χ0v) is 14.7. The number of nitrogens with one attached hydrogen (secondary N) is 1. The zero-order valence-electron chi connectivity index (χ0n) is 11.5. The summed E-state index contributed by atoms with van der Waals surface area (Å²) >= 11 is 7.02. The fraction of sp³-hybridized carbons (Fsp3) is 0.250. The van der Waals surface area contributed by atoms with E-state index in [-0.39, 0.29) is 0 Å². The molecule has 20 heavy (non-hydrogen) atoms. The molecule has 0 amide bonds. The molecule has 2 aromatic rings. The Labute approximate surface area is 136 Å². The normalized spacial score (nSPS) is 12.2. The molecule has 0 saturated carbocycles. The van der Waals surface area contributed by atoms with Gasteiger partial charge in [-0.15, -0.1) is 0 Å². The number of hydrogen-bond donors (Lipinski definition) is 1. The van der Waals surface area contributed by atoms with Crippen LogP contribution in [-0.4, -0.2) is 7.05 Å². The maximum atomic E-state index is 5.82. The molecule has 106 valence electrons. The molecule has 0 fully saturated rings. The van der Waals surface area contributed by atoms with Crippen LogP contribution < -0.4 is 10.1 Å². The van der Waals surface area contributed by atoms with Crippen molar-refractivity contribution in [2.45, 2.75) is 19.6 Å². The summed E-state index contributed by atoms with van der Waals surface area (Å²) in [5, 5.41) is 3.23. The highest BCUT2D eigenvalue weighted by Crippen LogP contribution is 2.28. The van der Waals surface area contributed by atoms with E-state index in [4.69, 9.17) is 4.74 Å². The van der Waals surface area contributed by atoms with Gasteiger partial charge in [0.15, 0.2) is 0 Å².